The fourth-order valence-corrected chi connectivity index (χ4v) is 8.74. The predicted molar refractivity (Wildman–Crippen MR) is 233 cm³/mol. The molecule has 0 N–H and O–H groups in total. The van der Waals surface area contributed by atoms with E-state index >= 15 is 0 Å². The molecule has 0 bridgehead atoms. The molecule has 54 heavy (non-hydrogen) atoms. The Hall–Kier alpha value is -5.80. The van der Waals surface area contributed by atoms with Gasteiger partial charge in [0.15, 0.2) is 0 Å². The van der Waals surface area contributed by atoms with E-state index in [0.717, 1.165) is 0 Å². The number of aryl methyl sites for hydroxylation is 1. The van der Waals surface area contributed by atoms with Crippen LogP contribution < -0.4 is 26.2 Å². The molecule has 7 aromatic carbocycles. The summed E-state index contributed by atoms with van der Waals surface area (Å²) in [4.78, 5) is 5.07. The summed E-state index contributed by atoms with van der Waals surface area (Å²) in [5.41, 5.74) is 20.3. The zero-order valence-electron chi connectivity index (χ0n) is 32.5. The fourth-order valence-electron chi connectivity index (χ4n) is 8.74. The third kappa shape index (κ3) is 5.57. The van der Waals surface area contributed by atoms with Crippen molar-refractivity contribution in [2.24, 2.45) is 0 Å². The second-order valence-electron chi connectivity index (χ2n) is 17.1. The van der Waals surface area contributed by atoms with Gasteiger partial charge < -0.3 is 9.80 Å². The molecule has 0 unspecified atom stereocenters. The Bertz CT molecular complexity index is 2330. The van der Waals surface area contributed by atoms with Gasteiger partial charge in [-0.2, -0.15) is 0 Å². The quantitative estimate of drug-likeness (QED) is 0.169. The number of rotatable bonds is 4. The highest BCUT2D eigenvalue weighted by atomic mass is 15.2. The third-order valence-electron chi connectivity index (χ3n) is 11.4. The summed E-state index contributed by atoms with van der Waals surface area (Å²) in [5.74, 6) is 0. The standard InChI is InChI=1S/C51H47BN2/c1-34-32-45-49-46(33-34)54(40-30-26-38(27-31-40)51(5,6)7)44-23-15-21-42(36-18-12-9-13-19-36)48(44)52(49)47-41(35-16-10-8-11-17-35)20-14-22-43(47)53(45)39-28-24-37(25-29-39)50(2,3)4/h8-33H,1-7H3. The first-order valence-corrected chi connectivity index (χ1v) is 19.3. The molecule has 2 aliphatic rings. The Morgan fingerprint density at radius 3 is 1.15 bits per heavy atom. The minimum atomic E-state index is -0.0105. The maximum Gasteiger partial charge on any atom is 0.253 e. The van der Waals surface area contributed by atoms with Crippen LogP contribution >= 0.6 is 0 Å². The van der Waals surface area contributed by atoms with Gasteiger partial charge in [0.05, 0.1) is 0 Å². The lowest BCUT2D eigenvalue weighted by molar-refractivity contribution is 0.590. The van der Waals surface area contributed by atoms with E-state index in [0.29, 0.717) is 0 Å². The Morgan fingerprint density at radius 1 is 0.389 bits per heavy atom. The van der Waals surface area contributed by atoms with Crippen molar-refractivity contribution in [2.75, 3.05) is 9.80 Å². The van der Waals surface area contributed by atoms with Crippen LogP contribution in [0, 0.1) is 6.92 Å². The predicted octanol–water partition coefficient (Wildman–Crippen LogP) is 12.0. The van der Waals surface area contributed by atoms with Crippen molar-refractivity contribution in [1.82, 2.24) is 0 Å². The van der Waals surface area contributed by atoms with E-state index in [1.807, 2.05) is 0 Å². The van der Waals surface area contributed by atoms with Gasteiger partial charge in [0, 0.05) is 34.1 Å². The highest BCUT2D eigenvalue weighted by Crippen LogP contribution is 2.47. The maximum absolute atomic E-state index is 2.54. The molecule has 0 saturated carbocycles. The average molecular weight is 699 g/mol. The molecule has 2 heterocycles. The van der Waals surface area contributed by atoms with Gasteiger partial charge in [0.25, 0.3) is 6.71 Å². The number of hydrogen-bond acceptors (Lipinski definition) is 2. The van der Waals surface area contributed by atoms with Crippen molar-refractivity contribution in [3.05, 3.63) is 174 Å². The molecule has 7 aromatic rings. The molecule has 9 rings (SSSR count). The van der Waals surface area contributed by atoms with E-state index < -0.39 is 0 Å². The first-order valence-electron chi connectivity index (χ1n) is 19.3. The van der Waals surface area contributed by atoms with Gasteiger partial charge in [-0.3, -0.25) is 0 Å². The summed E-state index contributed by atoms with van der Waals surface area (Å²) in [6, 6.07) is 59.2. The lowest BCUT2D eigenvalue weighted by Gasteiger charge is -2.45. The first-order chi connectivity index (χ1) is 26.0. The lowest BCUT2D eigenvalue weighted by atomic mass is 9.32. The van der Waals surface area contributed by atoms with Crippen molar-refractivity contribution in [3.63, 3.8) is 0 Å². The van der Waals surface area contributed by atoms with Gasteiger partial charge in [0.1, 0.15) is 0 Å². The highest BCUT2D eigenvalue weighted by Gasteiger charge is 2.45. The van der Waals surface area contributed by atoms with Crippen LogP contribution in [-0.2, 0) is 10.8 Å². The number of hydrogen-bond donors (Lipinski definition) is 0. The van der Waals surface area contributed by atoms with Crippen molar-refractivity contribution in [2.45, 2.75) is 59.3 Å². The second-order valence-corrected chi connectivity index (χ2v) is 17.1. The van der Waals surface area contributed by atoms with Crippen LogP contribution in [0.2, 0.25) is 0 Å². The molecular formula is C51H47BN2. The van der Waals surface area contributed by atoms with Crippen LogP contribution in [0.4, 0.5) is 34.1 Å². The Kier molecular flexibility index (Phi) is 7.97. The summed E-state index contributed by atoms with van der Waals surface area (Å²) in [6.07, 6.45) is 0. The van der Waals surface area contributed by atoms with Crippen LogP contribution in [0.5, 0.6) is 0 Å². The van der Waals surface area contributed by atoms with E-state index in [4.69, 9.17) is 0 Å². The number of fused-ring (bicyclic) bond motifs is 4. The van der Waals surface area contributed by atoms with Gasteiger partial charge in [-0.1, -0.05) is 151 Å². The third-order valence-corrected chi connectivity index (χ3v) is 11.4. The van der Waals surface area contributed by atoms with Gasteiger partial charge in [-0.05, 0) is 122 Å². The van der Waals surface area contributed by atoms with Gasteiger partial charge >= 0.3 is 0 Å². The number of nitrogens with zero attached hydrogens (tertiary/aromatic N) is 2. The zero-order chi connectivity index (χ0) is 37.4. The molecule has 0 fully saturated rings. The van der Waals surface area contributed by atoms with E-state index in [2.05, 4.69) is 216 Å². The summed E-state index contributed by atoms with van der Waals surface area (Å²) in [7, 11) is 0. The van der Waals surface area contributed by atoms with Gasteiger partial charge in [0.2, 0.25) is 0 Å². The van der Waals surface area contributed by atoms with E-state index in [1.54, 1.807) is 0 Å². The van der Waals surface area contributed by atoms with Crippen molar-refractivity contribution < 1.29 is 0 Å². The smallest absolute Gasteiger partial charge is 0.253 e. The molecule has 0 radical (unpaired) electrons. The minimum Gasteiger partial charge on any atom is -0.311 e. The molecule has 264 valence electrons. The van der Waals surface area contributed by atoms with Crippen LogP contribution in [0.1, 0.15) is 58.2 Å². The molecule has 0 spiro atoms. The lowest BCUT2D eigenvalue weighted by Crippen LogP contribution is -2.62. The minimum absolute atomic E-state index is 0.0105. The normalized spacial score (nSPS) is 13.4. The van der Waals surface area contributed by atoms with Crippen LogP contribution in [-0.4, -0.2) is 6.71 Å². The van der Waals surface area contributed by atoms with Crippen LogP contribution in [0.15, 0.2) is 158 Å². The SMILES string of the molecule is Cc1cc2c3c(c1)N(c1ccc(C(C)(C)C)cc1)c1cccc(-c4ccccc4)c1B3c1c(-c3ccccc3)cccc1N2c1ccc(C(C)(C)C)cc1. The topological polar surface area (TPSA) is 6.48 Å². The van der Waals surface area contributed by atoms with E-state index in [-0.39, 0.29) is 17.5 Å². The Balaban J connectivity index is 1.40. The average Bonchev–Trinajstić information content (AvgIpc) is 3.17. The molecule has 0 amide bonds. The molecule has 0 aromatic heterocycles. The molecule has 0 atom stereocenters. The zero-order valence-corrected chi connectivity index (χ0v) is 32.5. The Morgan fingerprint density at radius 2 is 0.778 bits per heavy atom. The molecule has 3 heteroatoms. The molecule has 0 saturated heterocycles. The summed E-state index contributed by atoms with van der Waals surface area (Å²) >= 11 is 0. The van der Waals surface area contributed by atoms with Gasteiger partial charge in [-0.25, -0.2) is 0 Å². The molecular weight excluding hydrogens is 651 g/mol. The van der Waals surface area contributed by atoms with Gasteiger partial charge in [-0.15, -0.1) is 0 Å². The van der Waals surface area contributed by atoms with Crippen LogP contribution in [0.3, 0.4) is 0 Å². The molecule has 2 nitrogen and oxygen atoms in total. The maximum atomic E-state index is 2.54. The van der Waals surface area contributed by atoms with Crippen molar-refractivity contribution in [1.29, 1.82) is 0 Å². The molecule has 2 aliphatic heterocycles. The van der Waals surface area contributed by atoms with Crippen molar-refractivity contribution in [3.8, 4) is 22.3 Å². The van der Waals surface area contributed by atoms with Crippen molar-refractivity contribution >= 4 is 57.2 Å². The highest BCUT2D eigenvalue weighted by molar-refractivity contribution is 7.01. The monoisotopic (exact) mass is 698 g/mol. The largest absolute Gasteiger partial charge is 0.311 e. The van der Waals surface area contributed by atoms with E-state index in [1.165, 1.54) is 89.5 Å². The second kappa shape index (κ2) is 12.7. The molecule has 0 aliphatic carbocycles. The summed E-state index contributed by atoms with van der Waals surface area (Å²) < 4.78 is 0. The summed E-state index contributed by atoms with van der Waals surface area (Å²) in [5, 5.41) is 0. The fraction of sp³-hybridized carbons (Fsp3) is 0.176. The number of anilines is 6. The van der Waals surface area contributed by atoms with Crippen LogP contribution in [0.25, 0.3) is 22.3 Å². The number of benzene rings is 7. The first kappa shape index (κ1) is 34.0. The van der Waals surface area contributed by atoms with E-state index in [9.17, 15) is 0 Å². The Labute approximate surface area is 321 Å². The summed E-state index contributed by atoms with van der Waals surface area (Å²) in [6.45, 7) is 16.0.